The third kappa shape index (κ3) is 6.36. The summed E-state index contributed by atoms with van der Waals surface area (Å²) in [4.78, 5) is 15.7. The number of benzene rings is 2. The Morgan fingerprint density at radius 3 is 1.96 bits per heavy atom. The summed E-state index contributed by atoms with van der Waals surface area (Å²) in [6.45, 7) is 6.47. The predicted molar refractivity (Wildman–Crippen MR) is 111 cm³/mol. The zero-order valence-corrected chi connectivity index (χ0v) is 16.6. The average Bonchev–Trinajstić information content (AvgIpc) is 2.73. The standard InChI is InChI=1S/C23H30N2O3/c1-28-22-9-6-21(7-10-22)18-25-16-14-24(15-17-25)13-12-20-4-2-19(3-5-20)8-11-23(26)27/h2-7,9-10H,8,11-18H2,1H3,(H,26,27). The minimum Gasteiger partial charge on any atom is -0.497 e. The highest BCUT2D eigenvalue weighted by atomic mass is 16.5. The highest BCUT2D eigenvalue weighted by Gasteiger charge is 2.16. The number of hydrogen-bond donors (Lipinski definition) is 1. The lowest BCUT2D eigenvalue weighted by Gasteiger charge is -2.34. The van der Waals surface area contributed by atoms with E-state index < -0.39 is 5.97 Å². The van der Waals surface area contributed by atoms with Gasteiger partial charge in [0.25, 0.3) is 0 Å². The molecule has 0 unspecified atom stereocenters. The van der Waals surface area contributed by atoms with E-state index in [9.17, 15) is 4.79 Å². The molecule has 1 heterocycles. The van der Waals surface area contributed by atoms with Gasteiger partial charge >= 0.3 is 5.97 Å². The summed E-state index contributed by atoms with van der Waals surface area (Å²) >= 11 is 0. The molecule has 1 saturated heterocycles. The zero-order valence-electron chi connectivity index (χ0n) is 16.6. The van der Waals surface area contributed by atoms with Gasteiger partial charge in [-0.15, -0.1) is 0 Å². The second-order valence-corrected chi connectivity index (χ2v) is 7.43. The number of methoxy groups -OCH3 is 1. The molecule has 1 aliphatic heterocycles. The summed E-state index contributed by atoms with van der Waals surface area (Å²) < 4.78 is 5.22. The van der Waals surface area contributed by atoms with Crippen molar-refractivity contribution in [1.29, 1.82) is 0 Å². The molecule has 0 spiro atoms. The van der Waals surface area contributed by atoms with Crippen LogP contribution in [0.25, 0.3) is 0 Å². The van der Waals surface area contributed by atoms with Crippen molar-refractivity contribution in [3.63, 3.8) is 0 Å². The molecule has 150 valence electrons. The van der Waals surface area contributed by atoms with Gasteiger partial charge in [0.05, 0.1) is 7.11 Å². The SMILES string of the molecule is COc1ccc(CN2CCN(CCc3ccc(CCC(=O)O)cc3)CC2)cc1. The number of nitrogens with zero attached hydrogens (tertiary/aromatic N) is 2. The predicted octanol–water partition coefficient (Wildman–Crippen LogP) is 3.07. The van der Waals surface area contributed by atoms with Crippen LogP contribution in [0.1, 0.15) is 23.1 Å². The van der Waals surface area contributed by atoms with Gasteiger partial charge in [0.15, 0.2) is 0 Å². The van der Waals surface area contributed by atoms with Gasteiger partial charge in [-0.1, -0.05) is 36.4 Å². The molecule has 1 fully saturated rings. The van der Waals surface area contributed by atoms with E-state index in [2.05, 4.69) is 46.2 Å². The molecule has 5 heteroatoms. The summed E-state index contributed by atoms with van der Waals surface area (Å²) in [5.41, 5.74) is 3.75. The topological polar surface area (TPSA) is 53.0 Å². The van der Waals surface area contributed by atoms with Crippen molar-refractivity contribution in [1.82, 2.24) is 9.80 Å². The van der Waals surface area contributed by atoms with Crippen LogP contribution in [-0.2, 0) is 24.2 Å². The van der Waals surface area contributed by atoms with Crippen molar-refractivity contribution in [2.45, 2.75) is 25.8 Å². The Hall–Kier alpha value is -2.37. The van der Waals surface area contributed by atoms with Crippen molar-refractivity contribution in [3.8, 4) is 5.75 Å². The maximum Gasteiger partial charge on any atom is 0.303 e. The lowest BCUT2D eigenvalue weighted by molar-refractivity contribution is -0.136. The molecule has 0 saturated carbocycles. The Morgan fingerprint density at radius 1 is 0.857 bits per heavy atom. The number of aliphatic carboxylic acids is 1. The lowest BCUT2D eigenvalue weighted by Crippen LogP contribution is -2.46. The molecular formula is C23H30N2O3. The number of ether oxygens (including phenoxy) is 1. The molecule has 1 aliphatic rings. The molecule has 0 aromatic heterocycles. The minimum absolute atomic E-state index is 0.195. The van der Waals surface area contributed by atoms with E-state index in [1.165, 1.54) is 11.1 Å². The first-order valence-corrected chi connectivity index (χ1v) is 9.99. The second-order valence-electron chi connectivity index (χ2n) is 7.43. The molecule has 2 aromatic rings. The molecule has 2 aromatic carbocycles. The number of carbonyl (C=O) groups is 1. The van der Waals surface area contributed by atoms with E-state index in [-0.39, 0.29) is 6.42 Å². The largest absolute Gasteiger partial charge is 0.497 e. The van der Waals surface area contributed by atoms with Gasteiger partial charge in [-0.25, -0.2) is 0 Å². The van der Waals surface area contributed by atoms with Crippen LogP contribution in [0.15, 0.2) is 48.5 Å². The molecule has 1 N–H and O–H groups in total. The van der Waals surface area contributed by atoms with Gasteiger partial charge in [-0.05, 0) is 41.7 Å². The fraction of sp³-hybridized carbons (Fsp3) is 0.435. The lowest BCUT2D eigenvalue weighted by atomic mass is 10.1. The molecule has 0 amide bonds. The van der Waals surface area contributed by atoms with Crippen LogP contribution >= 0.6 is 0 Å². The number of aryl methyl sites for hydroxylation is 1. The highest BCUT2D eigenvalue weighted by Crippen LogP contribution is 2.14. The van der Waals surface area contributed by atoms with Gasteiger partial charge in [0, 0.05) is 45.7 Å². The number of hydrogen-bond acceptors (Lipinski definition) is 4. The first-order valence-electron chi connectivity index (χ1n) is 9.99. The fourth-order valence-electron chi connectivity index (χ4n) is 3.57. The normalized spacial score (nSPS) is 15.5. The highest BCUT2D eigenvalue weighted by molar-refractivity contribution is 5.67. The van der Waals surface area contributed by atoms with Gasteiger partial charge in [-0.3, -0.25) is 9.69 Å². The van der Waals surface area contributed by atoms with Gasteiger partial charge in [-0.2, -0.15) is 0 Å². The van der Waals surface area contributed by atoms with Crippen LogP contribution in [0, 0.1) is 0 Å². The third-order valence-electron chi connectivity index (χ3n) is 5.40. The Bertz CT molecular complexity index is 735. The van der Waals surface area contributed by atoms with E-state index in [0.717, 1.165) is 57.0 Å². The summed E-state index contributed by atoms with van der Waals surface area (Å²) in [5.74, 6) is 0.165. The zero-order chi connectivity index (χ0) is 19.8. The second kappa shape index (κ2) is 10.2. The van der Waals surface area contributed by atoms with Crippen molar-refractivity contribution in [2.75, 3.05) is 39.8 Å². The molecule has 28 heavy (non-hydrogen) atoms. The van der Waals surface area contributed by atoms with E-state index in [1.807, 2.05) is 12.1 Å². The molecule has 0 aliphatic carbocycles. The van der Waals surface area contributed by atoms with Crippen molar-refractivity contribution >= 4 is 5.97 Å². The van der Waals surface area contributed by atoms with E-state index in [0.29, 0.717) is 6.42 Å². The molecular weight excluding hydrogens is 352 g/mol. The molecule has 0 atom stereocenters. The third-order valence-corrected chi connectivity index (χ3v) is 5.40. The summed E-state index contributed by atoms with van der Waals surface area (Å²) in [6, 6.07) is 16.7. The number of carboxylic acids is 1. The van der Waals surface area contributed by atoms with Crippen LogP contribution in [0.5, 0.6) is 5.75 Å². The molecule has 0 radical (unpaired) electrons. The van der Waals surface area contributed by atoms with E-state index in [1.54, 1.807) is 7.11 Å². The fourth-order valence-corrected chi connectivity index (χ4v) is 3.57. The Balaban J connectivity index is 1.37. The summed E-state index contributed by atoms with van der Waals surface area (Å²) in [7, 11) is 1.70. The Morgan fingerprint density at radius 2 is 1.39 bits per heavy atom. The summed E-state index contributed by atoms with van der Waals surface area (Å²) in [6.07, 6.45) is 1.84. The monoisotopic (exact) mass is 382 g/mol. The van der Waals surface area contributed by atoms with Gasteiger partial charge in [0.1, 0.15) is 5.75 Å². The smallest absolute Gasteiger partial charge is 0.303 e. The quantitative estimate of drug-likeness (QED) is 0.722. The maximum atomic E-state index is 10.7. The number of rotatable bonds is 9. The van der Waals surface area contributed by atoms with Crippen LogP contribution < -0.4 is 4.74 Å². The first-order chi connectivity index (χ1) is 13.6. The van der Waals surface area contributed by atoms with E-state index in [4.69, 9.17) is 9.84 Å². The van der Waals surface area contributed by atoms with Crippen molar-refractivity contribution in [2.24, 2.45) is 0 Å². The van der Waals surface area contributed by atoms with Gasteiger partial charge < -0.3 is 14.7 Å². The number of piperazine rings is 1. The molecule has 0 bridgehead atoms. The number of carboxylic acid groups (broad SMARTS) is 1. The minimum atomic E-state index is -0.741. The van der Waals surface area contributed by atoms with Crippen LogP contribution in [0.3, 0.4) is 0 Å². The summed E-state index contributed by atoms with van der Waals surface area (Å²) in [5, 5.41) is 8.77. The maximum absolute atomic E-state index is 10.7. The van der Waals surface area contributed by atoms with Crippen LogP contribution in [0.2, 0.25) is 0 Å². The molecule has 5 nitrogen and oxygen atoms in total. The van der Waals surface area contributed by atoms with Crippen LogP contribution in [0.4, 0.5) is 0 Å². The van der Waals surface area contributed by atoms with Crippen LogP contribution in [-0.4, -0.2) is 60.7 Å². The Labute approximate surface area is 167 Å². The average molecular weight is 383 g/mol. The van der Waals surface area contributed by atoms with Crippen molar-refractivity contribution < 1.29 is 14.6 Å². The van der Waals surface area contributed by atoms with Gasteiger partial charge in [0.2, 0.25) is 0 Å². The van der Waals surface area contributed by atoms with Crippen molar-refractivity contribution in [3.05, 3.63) is 65.2 Å². The first kappa shape index (κ1) is 20.4. The van der Waals surface area contributed by atoms with E-state index >= 15 is 0 Å². The molecule has 3 rings (SSSR count). The Kier molecular flexibility index (Phi) is 7.46.